The van der Waals surface area contributed by atoms with Gasteiger partial charge in [-0.25, -0.2) is 0 Å². The van der Waals surface area contributed by atoms with Gasteiger partial charge in [-0.1, -0.05) is 42.5 Å². The minimum absolute atomic E-state index is 0. The number of nitrogens with one attached hydrogen (secondary N) is 1. The number of Topliss-reactive ketones (excluding diaryl/α,β-unsaturated/α-hetero) is 1. The number of rotatable bonds is 14. The smallest absolute Gasteiger partial charge is 0.172 e. The maximum Gasteiger partial charge on any atom is 0.172 e. The van der Waals surface area contributed by atoms with E-state index in [0.29, 0.717) is 30.9 Å². The molecular weight excluding hydrogens is 447 g/mol. The topological polar surface area (TPSA) is 67.6 Å². The minimum Gasteiger partial charge on any atom is -1.00 e. The van der Waals surface area contributed by atoms with Crippen LogP contribution in [-0.4, -0.2) is 49.7 Å². The van der Waals surface area contributed by atoms with Crippen LogP contribution in [0.25, 0.3) is 0 Å². The Hall–Kier alpha value is -1.63. The van der Waals surface area contributed by atoms with E-state index in [1.807, 2.05) is 66.8 Å². The second-order valence-corrected chi connectivity index (χ2v) is 7.82. The summed E-state index contributed by atoms with van der Waals surface area (Å²) in [7, 11) is 0. The molecule has 0 amide bonds. The van der Waals surface area contributed by atoms with Gasteiger partial charge >= 0.3 is 0 Å². The number of aliphatic hydroxyl groups is 1. The lowest BCUT2D eigenvalue weighted by molar-refractivity contribution is -0.896. The summed E-state index contributed by atoms with van der Waals surface area (Å²) in [6, 6.07) is 17.1. The molecule has 0 heterocycles. The molecule has 7 heteroatoms. The number of nitrogens with two attached hydrogens (primary N) is 1. The molecule has 0 aliphatic carbocycles. The van der Waals surface area contributed by atoms with Crippen LogP contribution in [0.15, 0.2) is 54.6 Å². The molecular formula is C25H38Cl2N2O3. The van der Waals surface area contributed by atoms with Gasteiger partial charge in [0, 0.05) is 6.42 Å². The highest BCUT2D eigenvalue weighted by Crippen LogP contribution is 2.19. The average molecular weight is 485 g/mol. The Morgan fingerprint density at radius 1 is 1.03 bits per heavy atom. The number of benzene rings is 2. The highest BCUT2D eigenvalue weighted by Gasteiger charge is 2.20. The van der Waals surface area contributed by atoms with E-state index in [0.717, 1.165) is 31.6 Å². The molecule has 180 valence electrons. The van der Waals surface area contributed by atoms with Crippen LogP contribution in [0, 0.1) is 0 Å². The van der Waals surface area contributed by atoms with Crippen molar-refractivity contribution >= 4 is 5.78 Å². The van der Waals surface area contributed by atoms with Crippen LogP contribution in [0.4, 0.5) is 0 Å². The van der Waals surface area contributed by atoms with Crippen LogP contribution in [0.2, 0.25) is 0 Å². The number of ketones is 1. The predicted octanol–water partition coefficient (Wildman–Crippen LogP) is -4.35. The highest BCUT2D eigenvalue weighted by molar-refractivity contribution is 5.98. The monoisotopic (exact) mass is 484 g/mol. The molecule has 2 unspecified atom stereocenters. The molecule has 0 fully saturated rings. The van der Waals surface area contributed by atoms with Gasteiger partial charge < -0.3 is 44.9 Å². The van der Waals surface area contributed by atoms with Crippen LogP contribution in [0.1, 0.15) is 55.6 Å². The number of hydrogen-bond donors (Lipinski definition) is 3. The number of aliphatic hydroxyl groups excluding tert-OH is 1. The van der Waals surface area contributed by atoms with Crippen molar-refractivity contribution in [2.24, 2.45) is 0 Å². The number of halogens is 2. The number of carbonyl (C=O) groups excluding carboxylic acids is 1. The summed E-state index contributed by atoms with van der Waals surface area (Å²) in [5.41, 5.74) is 1.55. The van der Waals surface area contributed by atoms with E-state index in [4.69, 9.17) is 4.74 Å². The zero-order valence-corrected chi connectivity index (χ0v) is 20.9. The van der Waals surface area contributed by atoms with Gasteiger partial charge in [0.25, 0.3) is 0 Å². The number of quaternary nitrogens is 2. The Kier molecular flexibility index (Phi) is 16.1. The van der Waals surface area contributed by atoms with Crippen molar-refractivity contribution in [3.05, 3.63) is 65.7 Å². The Labute approximate surface area is 205 Å². The first-order valence-corrected chi connectivity index (χ1v) is 11.2. The highest BCUT2D eigenvalue weighted by atomic mass is 35.5. The largest absolute Gasteiger partial charge is 1.00 e. The van der Waals surface area contributed by atoms with Gasteiger partial charge in [-0.15, -0.1) is 0 Å². The molecule has 2 atom stereocenters. The van der Waals surface area contributed by atoms with Crippen molar-refractivity contribution in [1.82, 2.24) is 0 Å². The van der Waals surface area contributed by atoms with E-state index in [9.17, 15) is 9.90 Å². The Balaban J connectivity index is 0.00000480. The van der Waals surface area contributed by atoms with Crippen LogP contribution >= 0.6 is 0 Å². The van der Waals surface area contributed by atoms with E-state index in [-0.39, 0.29) is 36.6 Å². The summed E-state index contributed by atoms with van der Waals surface area (Å²) in [6.07, 6.45) is 0.836. The molecule has 2 aromatic carbocycles. The fourth-order valence-corrected chi connectivity index (χ4v) is 3.63. The van der Waals surface area contributed by atoms with Crippen molar-refractivity contribution in [2.75, 3.05) is 32.8 Å². The molecule has 0 spiro atoms. The average Bonchev–Trinajstić information content (AvgIpc) is 2.79. The minimum atomic E-state index is -0.551. The molecule has 0 saturated heterocycles. The molecule has 0 radical (unpaired) electrons. The lowest BCUT2D eigenvalue weighted by atomic mass is 10.0. The number of hydrogen-bond acceptors (Lipinski definition) is 3. The van der Waals surface area contributed by atoms with Crippen molar-refractivity contribution in [1.29, 1.82) is 0 Å². The fourth-order valence-electron chi connectivity index (χ4n) is 3.63. The molecule has 4 N–H and O–H groups in total. The van der Waals surface area contributed by atoms with Crippen LogP contribution in [-0.2, 0) is 0 Å². The maximum atomic E-state index is 12.8. The van der Waals surface area contributed by atoms with E-state index in [2.05, 4.69) is 13.8 Å². The molecule has 0 aromatic heterocycles. The summed E-state index contributed by atoms with van der Waals surface area (Å²) in [5.74, 6) is 0.757. The lowest BCUT2D eigenvalue weighted by Gasteiger charge is -2.18. The standard InChI is InChI=1S/C25H36N2O3.2ClH/c1-4-27(5-2)18-11-19-30-24-15-10-9-14-22(24)23(28)16-17-26-20(3)25(29)21-12-7-6-8-13-21;;/h6-10,12-15,20,25-26,29H,4-5,11,16-19H2,1-3H3;2*1H. The zero-order chi connectivity index (χ0) is 21.8. The second kappa shape index (κ2) is 16.9. The zero-order valence-electron chi connectivity index (χ0n) is 19.4. The molecule has 2 rings (SSSR count). The summed E-state index contributed by atoms with van der Waals surface area (Å²) in [6.45, 7) is 11.0. The normalized spacial score (nSPS) is 12.4. The first kappa shape index (κ1) is 30.4. The molecule has 5 nitrogen and oxygen atoms in total. The SMILES string of the molecule is CC[NH+](CC)CCCOc1ccccc1C(=O)CC[NH2+]C(C)C(O)c1ccccc1.[Cl-].[Cl-]. The van der Waals surface area contributed by atoms with Gasteiger partial charge in [0.05, 0.1) is 44.8 Å². The van der Waals surface area contributed by atoms with E-state index in [1.165, 1.54) is 0 Å². The van der Waals surface area contributed by atoms with Gasteiger partial charge in [-0.3, -0.25) is 4.79 Å². The molecule has 0 aliphatic heterocycles. The Bertz CT molecular complexity index is 758. The number of carbonyl (C=O) groups is 1. The van der Waals surface area contributed by atoms with E-state index >= 15 is 0 Å². The van der Waals surface area contributed by atoms with Crippen LogP contribution in [0.3, 0.4) is 0 Å². The number of ether oxygens (including phenoxy) is 1. The second-order valence-electron chi connectivity index (χ2n) is 7.82. The Morgan fingerprint density at radius 2 is 1.66 bits per heavy atom. The predicted molar refractivity (Wildman–Crippen MR) is 120 cm³/mol. The summed E-state index contributed by atoms with van der Waals surface area (Å²) in [4.78, 5) is 14.3. The van der Waals surface area contributed by atoms with Gasteiger partial charge in [0.15, 0.2) is 5.78 Å². The summed E-state index contributed by atoms with van der Waals surface area (Å²) < 4.78 is 5.94. The van der Waals surface area contributed by atoms with Crippen molar-refractivity contribution < 1.29 is 49.7 Å². The van der Waals surface area contributed by atoms with Gasteiger partial charge in [-0.05, 0) is 38.5 Å². The van der Waals surface area contributed by atoms with Crippen molar-refractivity contribution in [3.8, 4) is 5.75 Å². The number of para-hydroxylation sites is 1. The summed E-state index contributed by atoms with van der Waals surface area (Å²) >= 11 is 0. The molecule has 0 aliphatic rings. The fraction of sp³-hybridized carbons (Fsp3) is 0.480. The van der Waals surface area contributed by atoms with Crippen molar-refractivity contribution in [2.45, 2.75) is 45.8 Å². The first-order valence-electron chi connectivity index (χ1n) is 11.2. The lowest BCUT2D eigenvalue weighted by Crippen LogP contribution is -3.11. The molecule has 0 bridgehead atoms. The molecule has 0 saturated carbocycles. The first-order chi connectivity index (χ1) is 14.6. The van der Waals surface area contributed by atoms with Gasteiger partial charge in [-0.2, -0.15) is 0 Å². The Morgan fingerprint density at radius 3 is 2.31 bits per heavy atom. The third kappa shape index (κ3) is 9.88. The van der Waals surface area contributed by atoms with E-state index < -0.39 is 6.10 Å². The van der Waals surface area contributed by atoms with Gasteiger partial charge in [0.1, 0.15) is 17.9 Å². The third-order valence-corrected chi connectivity index (χ3v) is 5.67. The third-order valence-electron chi connectivity index (χ3n) is 5.67. The quantitative estimate of drug-likeness (QED) is 0.187. The van der Waals surface area contributed by atoms with E-state index in [1.54, 1.807) is 4.90 Å². The molecule has 2 aromatic rings. The molecule has 32 heavy (non-hydrogen) atoms. The van der Waals surface area contributed by atoms with Crippen LogP contribution in [0.5, 0.6) is 5.75 Å². The summed E-state index contributed by atoms with van der Waals surface area (Å²) in [5, 5.41) is 12.5. The maximum absolute atomic E-state index is 12.8. The van der Waals surface area contributed by atoms with Crippen molar-refractivity contribution in [3.63, 3.8) is 0 Å². The van der Waals surface area contributed by atoms with Crippen LogP contribution < -0.4 is 39.8 Å². The van der Waals surface area contributed by atoms with Gasteiger partial charge in [0.2, 0.25) is 0 Å².